The summed E-state index contributed by atoms with van der Waals surface area (Å²) in [5.41, 5.74) is 2.08. The lowest BCUT2D eigenvalue weighted by Crippen LogP contribution is -2.21. The van der Waals surface area contributed by atoms with Gasteiger partial charge in [-0.3, -0.25) is 4.79 Å². The number of alkyl halides is 3. The van der Waals surface area contributed by atoms with Crippen LogP contribution in [0.3, 0.4) is 0 Å². The van der Waals surface area contributed by atoms with E-state index in [4.69, 9.17) is 4.98 Å². The second-order valence-electron chi connectivity index (χ2n) is 7.08. The number of rotatable bonds is 3. The largest absolute Gasteiger partial charge is 0.418 e. The first kappa shape index (κ1) is 19.0. The lowest BCUT2D eigenvalue weighted by atomic mass is 10.1. The van der Waals surface area contributed by atoms with Crippen molar-refractivity contribution in [1.29, 1.82) is 0 Å². The first-order chi connectivity index (χ1) is 14.9. The first-order valence-corrected chi connectivity index (χ1v) is 9.51. The van der Waals surface area contributed by atoms with Crippen molar-refractivity contribution in [1.82, 2.24) is 14.5 Å². The highest BCUT2D eigenvalue weighted by Gasteiger charge is 2.33. The molecule has 0 bridgehead atoms. The van der Waals surface area contributed by atoms with E-state index in [9.17, 15) is 18.0 Å². The second-order valence-corrected chi connectivity index (χ2v) is 7.08. The van der Waals surface area contributed by atoms with Crippen LogP contribution < -0.4 is 5.32 Å². The van der Waals surface area contributed by atoms with Crippen LogP contribution in [0.25, 0.3) is 33.1 Å². The molecule has 31 heavy (non-hydrogen) atoms. The van der Waals surface area contributed by atoms with Crippen molar-refractivity contribution in [2.24, 2.45) is 0 Å². The normalized spacial score (nSPS) is 12.0. The van der Waals surface area contributed by atoms with E-state index in [1.807, 2.05) is 48.5 Å². The maximum atomic E-state index is 13.3. The first-order valence-electron chi connectivity index (χ1n) is 9.51. The molecule has 1 amide bonds. The SMILES string of the molecule is O=C(Cn1c2ccccc2c2nc3ccccc3nc21)Nc1ccccc1C(F)(F)F. The number of carbonyl (C=O) groups excluding carboxylic acids is 1. The Hall–Kier alpha value is -3.94. The molecule has 0 unspecified atom stereocenters. The van der Waals surface area contributed by atoms with Crippen LogP contribution in [0.1, 0.15) is 5.56 Å². The number of fused-ring (bicyclic) bond motifs is 4. The van der Waals surface area contributed by atoms with Crippen molar-refractivity contribution in [3.63, 3.8) is 0 Å². The van der Waals surface area contributed by atoms with Crippen LogP contribution in [0.15, 0.2) is 72.8 Å². The fraction of sp³-hybridized carbons (Fsp3) is 0.0870. The molecule has 8 heteroatoms. The molecule has 0 radical (unpaired) electrons. The van der Waals surface area contributed by atoms with Crippen LogP contribution in [0.2, 0.25) is 0 Å². The van der Waals surface area contributed by atoms with Gasteiger partial charge in [-0.15, -0.1) is 0 Å². The van der Waals surface area contributed by atoms with Gasteiger partial charge in [-0.05, 0) is 30.3 Å². The van der Waals surface area contributed by atoms with Crippen LogP contribution in [0.4, 0.5) is 18.9 Å². The van der Waals surface area contributed by atoms with Gasteiger partial charge in [0.1, 0.15) is 12.1 Å². The van der Waals surface area contributed by atoms with Crippen molar-refractivity contribution < 1.29 is 18.0 Å². The van der Waals surface area contributed by atoms with Gasteiger partial charge in [0.15, 0.2) is 5.65 Å². The molecule has 0 spiro atoms. The minimum absolute atomic E-state index is 0.205. The highest BCUT2D eigenvalue weighted by molar-refractivity contribution is 6.07. The van der Waals surface area contributed by atoms with E-state index in [1.165, 1.54) is 18.2 Å². The minimum atomic E-state index is -4.57. The van der Waals surface area contributed by atoms with Crippen molar-refractivity contribution in [2.45, 2.75) is 12.7 Å². The van der Waals surface area contributed by atoms with E-state index in [-0.39, 0.29) is 12.2 Å². The molecule has 5 aromatic rings. The number of carbonyl (C=O) groups is 1. The zero-order valence-corrected chi connectivity index (χ0v) is 16.0. The average Bonchev–Trinajstić information content (AvgIpc) is 3.05. The number of benzene rings is 3. The fourth-order valence-electron chi connectivity index (χ4n) is 3.72. The minimum Gasteiger partial charge on any atom is -0.324 e. The summed E-state index contributed by atoms with van der Waals surface area (Å²) in [5.74, 6) is -0.589. The maximum absolute atomic E-state index is 13.3. The molecule has 3 aromatic carbocycles. The summed E-state index contributed by atoms with van der Waals surface area (Å²) in [6.45, 7) is -0.205. The Morgan fingerprint density at radius 2 is 1.52 bits per heavy atom. The Morgan fingerprint density at radius 1 is 0.871 bits per heavy atom. The van der Waals surface area contributed by atoms with Crippen LogP contribution in [-0.4, -0.2) is 20.4 Å². The maximum Gasteiger partial charge on any atom is 0.418 e. The number of hydrogen-bond donors (Lipinski definition) is 1. The standard InChI is InChI=1S/C23H15F3N4O/c24-23(25,26)15-8-2-3-9-16(15)27-20(31)13-30-19-12-6-1-7-14(19)21-22(30)29-18-11-5-4-10-17(18)28-21/h1-12H,13H2,(H,27,31). The lowest BCUT2D eigenvalue weighted by Gasteiger charge is -2.14. The highest BCUT2D eigenvalue weighted by atomic mass is 19.4. The molecule has 2 heterocycles. The third-order valence-electron chi connectivity index (χ3n) is 5.07. The van der Waals surface area contributed by atoms with Crippen LogP contribution in [0, 0.1) is 0 Å². The molecule has 0 fully saturated rings. The Morgan fingerprint density at radius 3 is 2.29 bits per heavy atom. The Labute approximate surface area is 174 Å². The highest BCUT2D eigenvalue weighted by Crippen LogP contribution is 2.35. The number of anilines is 1. The smallest absolute Gasteiger partial charge is 0.324 e. The molecule has 0 aliphatic heterocycles. The summed E-state index contributed by atoms with van der Waals surface area (Å²) in [6, 6.07) is 19.7. The van der Waals surface area contributed by atoms with Crippen LogP contribution in [-0.2, 0) is 17.5 Å². The Kier molecular flexibility index (Phi) is 4.35. The molecule has 2 aromatic heterocycles. The molecule has 5 nitrogen and oxygen atoms in total. The average molecular weight is 420 g/mol. The van der Waals surface area contributed by atoms with E-state index in [1.54, 1.807) is 4.57 Å². The molecule has 5 rings (SSSR count). The number of hydrogen-bond acceptors (Lipinski definition) is 3. The van der Waals surface area contributed by atoms with Gasteiger partial charge in [-0.1, -0.05) is 42.5 Å². The van der Waals surface area contributed by atoms with Crippen LogP contribution in [0.5, 0.6) is 0 Å². The van der Waals surface area contributed by atoms with Crippen molar-refractivity contribution >= 4 is 44.7 Å². The molecular weight excluding hydrogens is 405 g/mol. The number of nitrogens with zero attached hydrogens (tertiary/aromatic N) is 3. The number of amides is 1. The molecule has 0 aliphatic rings. The van der Waals surface area contributed by atoms with Crippen molar-refractivity contribution in [2.75, 3.05) is 5.32 Å². The van der Waals surface area contributed by atoms with E-state index in [0.717, 1.165) is 22.5 Å². The van der Waals surface area contributed by atoms with E-state index >= 15 is 0 Å². The van der Waals surface area contributed by atoms with Gasteiger partial charge < -0.3 is 9.88 Å². The third kappa shape index (κ3) is 3.35. The van der Waals surface area contributed by atoms with E-state index in [2.05, 4.69) is 10.3 Å². The zero-order chi connectivity index (χ0) is 21.6. The van der Waals surface area contributed by atoms with E-state index in [0.29, 0.717) is 16.7 Å². The number of halogens is 3. The number of nitrogens with one attached hydrogen (secondary N) is 1. The van der Waals surface area contributed by atoms with Crippen LogP contribution >= 0.6 is 0 Å². The van der Waals surface area contributed by atoms with Gasteiger partial charge in [0, 0.05) is 5.39 Å². The molecule has 154 valence electrons. The predicted octanol–water partition coefficient (Wildman–Crippen LogP) is 5.40. The molecule has 0 atom stereocenters. The van der Waals surface area contributed by atoms with Gasteiger partial charge in [0.05, 0.1) is 27.8 Å². The quantitative estimate of drug-likeness (QED) is 0.425. The molecule has 0 aliphatic carbocycles. The van der Waals surface area contributed by atoms with Gasteiger partial charge in [-0.25, -0.2) is 9.97 Å². The van der Waals surface area contributed by atoms with Gasteiger partial charge in [-0.2, -0.15) is 13.2 Å². The molecule has 0 saturated carbocycles. The number of para-hydroxylation sites is 4. The predicted molar refractivity (Wildman–Crippen MR) is 113 cm³/mol. The van der Waals surface area contributed by atoms with Gasteiger partial charge >= 0.3 is 6.18 Å². The monoisotopic (exact) mass is 420 g/mol. The summed E-state index contributed by atoms with van der Waals surface area (Å²) in [6.07, 6.45) is -4.57. The van der Waals surface area contributed by atoms with Gasteiger partial charge in [0.25, 0.3) is 0 Å². The lowest BCUT2D eigenvalue weighted by molar-refractivity contribution is -0.137. The van der Waals surface area contributed by atoms with Crippen molar-refractivity contribution in [3.8, 4) is 0 Å². The summed E-state index contributed by atoms with van der Waals surface area (Å²) in [4.78, 5) is 22.1. The topological polar surface area (TPSA) is 59.8 Å². The van der Waals surface area contributed by atoms with E-state index < -0.39 is 17.6 Å². The summed E-state index contributed by atoms with van der Waals surface area (Å²) >= 11 is 0. The summed E-state index contributed by atoms with van der Waals surface area (Å²) in [7, 11) is 0. The summed E-state index contributed by atoms with van der Waals surface area (Å²) < 4.78 is 41.5. The zero-order valence-electron chi connectivity index (χ0n) is 16.0. The fourth-order valence-corrected chi connectivity index (χ4v) is 3.72. The molecule has 0 saturated heterocycles. The molecular formula is C23H15F3N4O. The number of aromatic nitrogens is 3. The third-order valence-corrected chi connectivity index (χ3v) is 5.07. The Balaban J connectivity index is 1.59. The van der Waals surface area contributed by atoms with Crippen molar-refractivity contribution in [3.05, 3.63) is 78.4 Å². The molecule has 1 N–H and O–H groups in total. The Bertz CT molecular complexity index is 1460. The second kappa shape index (κ2) is 7.09. The summed E-state index contributed by atoms with van der Waals surface area (Å²) in [5, 5.41) is 3.21. The van der Waals surface area contributed by atoms with Gasteiger partial charge in [0.2, 0.25) is 5.91 Å².